The molecule has 29 heavy (non-hydrogen) atoms. The Labute approximate surface area is 164 Å². The van der Waals surface area contributed by atoms with Crippen molar-refractivity contribution >= 4 is 32.4 Å². The summed E-state index contributed by atoms with van der Waals surface area (Å²) in [5, 5.41) is 6.02. The molecular weight excluding hydrogens is 438 g/mol. The van der Waals surface area contributed by atoms with Crippen LogP contribution in [0.25, 0.3) is 16.2 Å². The van der Waals surface area contributed by atoms with Gasteiger partial charge in [-0.15, -0.1) is 10.2 Å². The van der Waals surface area contributed by atoms with Crippen molar-refractivity contribution in [3.8, 4) is 5.13 Å². The number of imidazole rings is 1. The molecule has 2 heterocycles. The molecule has 0 unspecified atom stereocenters. The molecule has 1 saturated carbocycles. The molecule has 4 rings (SSSR count). The Morgan fingerprint density at radius 3 is 2.52 bits per heavy atom. The number of fused-ring (bicyclic) bond motifs is 1. The molecule has 8 nitrogen and oxygen atoms in total. The van der Waals surface area contributed by atoms with E-state index in [1.165, 1.54) is 7.05 Å². The summed E-state index contributed by atoms with van der Waals surface area (Å²) in [6.45, 7) is -0.937. The average Bonchev–Trinajstić information content (AvgIpc) is 3.16. The van der Waals surface area contributed by atoms with Crippen LogP contribution in [0.15, 0.2) is 21.8 Å². The van der Waals surface area contributed by atoms with Gasteiger partial charge < -0.3 is 0 Å². The predicted molar refractivity (Wildman–Crippen MR) is 95.2 cm³/mol. The minimum Gasteiger partial charge on any atom is -0.295 e. The molecule has 0 spiro atoms. The van der Waals surface area contributed by atoms with Gasteiger partial charge >= 0.3 is 5.69 Å². The van der Waals surface area contributed by atoms with E-state index in [0.29, 0.717) is 11.3 Å². The molecule has 0 radical (unpaired) electrons. The quantitative estimate of drug-likeness (QED) is 0.579. The van der Waals surface area contributed by atoms with E-state index in [0.717, 1.165) is 21.3 Å². The van der Waals surface area contributed by atoms with Crippen molar-refractivity contribution in [3.63, 3.8) is 0 Å². The zero-order chi connectivity index (χ0) is 21.1. The van der Waals surface area contributed by atoms with Crippen LogP contribution in [0, 0.1) is 5.82 Å². The van der Waals surface area contributed by atoms with Crippen LogP contribution in [-0.4, -0.2) is 40.0 Å². The van der Waals surface area contributed by atoms with Crippen molar-refractivity contribution in [1.82, 2.24) is 24.1 Å². The lowest BCUT2D eigenvalue weighted by Crippen LogP contribution is -2.38. The summed E-state index contributed by atoms with van der Waals surface area (Å²) in [6.07, 6.45) is -2.34. The van der Waals surface area contributed by atoms with Crippen LogP contribution >= 0.6 is 11.3 Å². The monoisotopic (exact) mass is 451 g/mol. The molecule has 0 amide bonds. The normalized spacial score (nSPS) is 16.1. The van der Waals surface area contributed by atoms with E-state index >= 15 is 0 Å². The number of hydrogen-bond acceptors (Lipinski definition) is 6. The maximum Gasteiger partial charge on any atom is 0.335 e. The Bertz CT molecular complexity index is 1280. The number of nitrogens with one attached hydrogen (secondary N) is 1. The van der Waals surface area contributed by atoms with Crippen molar-refractivity contribution in [2.45, 2.75) is 29.7 Å². The second kappa shape index (κ2) is 6.60. The van der Waals surface area contributed by atoms with Gasteiger partial charge in [-0.05, 0) is 18.9 Å². The zero-order valence-electron chi connectivity index (χ0n) is 14.7. The van der Waals surface area contributed by atoms with Gasteiger partial charge in [0, 0.05) is 13.1 Å². The van der Waals surface area contributed by atoms with Crippen molar-refractivity contribution in [2.75, 3.05) is 6.67 Å². The van der Waals surface area contributed by atoms with Gasteiger partial charge in [0.05, 0.1) is 16.6 Å². The fraction of sp³-hybridized carbons (Fsp3) is 0.400. The first-order valence-corrected chi connectivity index (χ1v) is 10.5. The second-order valence-corrected chi connectivity index (χ2v) is 9.33. The van der Waals surface area contributed by atoms with Gasteiger partial charge in [-0.3, -0.25) is 4.57 Å². The summed E-state index contributed by atoms with van der Waals surface area (Å²) in [4.78, 5) is 11.8. The Balaban J connectivity index is 1.91. The van der Waals surface area contributed by atoms with Crippen molar-refractivity contribution < 1.29 is 26.0 Å². The number of halogens is 4. The van der Waals surface area contributed by atoms with E-state index in [1.54, 1.807) is 0 Å². The highest BCUT2D eigenvalue weighted by atomic mass is 32.2. The summed E-state index contributed by atoms with van der Waals surface area (Å²) >= 11 is 0.447. The van der Waals surface area contributed by atoms with E-state index in [4.69, 9.17) is 0 Å². The molecule has 1 aliphatic rings. The third-order valence-electron chi connectivity index (χ3n) is 4.67. The SMILES string of the molecule is Cn1c(=O)n(-c2nnc(C(F)F)s2)c2cc(S(=O)(=O)NC3(CF)CC3)c(F)cc21. The van der Waals surface area contributed by atoms with E-state index < -0.39 is 50.1 Å². The highest BCUT2D eigenvalue weighted by Crippen LogP contribution is 2.38. The predicted octanol–water partition coefficient (Wildman–Crippen LogP) is 2.04. The molecule has 0 atom stereocenters. The summed E-state index contributed by atoms with van der Waals surface area (Å²) in [5.74, 6) is -1.14. The number of alkyl halides is 3. The highest BCUT2D eigenvalue weighted by Gasteiger charge is 2.47. The van der Waals surface area contributed by atoms with Gasteiger partial charge in [-0.1, -0.05) is 11.3 Å². The largest absolute Gasteiger partial charge is 0.335 e. The number of aromatic nitrogens is 4. The molecular formula is C15H13F4N5O3S2. The van der Waals surface area contributed by atoms with Crippen molar-refractivity contribution in [2.24, 2.45) is 7.05 Å². The number of hydrogen-bond donors (Lipinski definition) is 1. The fourth-order valence-electron chi connectivity index (χ4n) is 2.89. The van der Waals surface area contributed by atoms with Crippen molar-refractivity contribution in [3.05, 3.63) is 33.4 Å². The molecule has 3 aromatic rings. The number of rotatable bonds is 6. The first-order valence-electron chi connectivity index (χ1n) is 8.21. The van der Waals surface area contributed by atoms with Gasteiger partial charge in [0.2, 0.25) is 15.2 Å². The lowest BCUT2D eigenvalue weighted by atomic mass is 10.3. The average molecular weight is 451 g/mol. The van der Waals surface area contributed by atoms with Gasteiger partial charge in [0.1, 0.15) is 17.4 Å². The lowest BCUT2D eigenvalue weighted by molar-refractivity contribution is 0.150. The number of aryl methyl sites for hydroxylation is 1. The fourth-order valence-corrected chi connectivity index (χ4v) is 5.11. The molecule has 0 saturated heterocycles. The molecule has 1 fully saturated rings. The topological polar surface area (TPSA) is 98.9 Å². The molecule has 0 aliphatic heterocycles. The Morgan fingerprint density at radius 2 is 1.97 bits per heavy atom. The van der Waals surface area contributed by atoms with Crippen LogP contribution in [0.3, 0.4) is 0 Å². The first-order chi connectivity index (χ1) is 13.6. The summed E-state index contributed by atoms with van der Waals surface area (Å²) < 4.78 is 82.6. The molecule has 1 aliphatic carbocycles. The lowest BCUT2D eigenvalue weighted by Gasteiger charge is -2.14. The summed E-state index contributed by atoms with van der Waals surface area (Å²) in [6, 6.07) is 1.73. The number of sulfonamides is 1. The molecule has 156 valence electrons. The molecule has 2 aromatic heterocycles. The number of nitrogens with zero attached hydrogens (tertiary/aromatic N) is 4. The van der Waals surface area contributed by atoms with E-state index in [1.807, 2.05) is 0 Å². The Morgan fingerprint density at radius 1 is 1.28 bits per heavy atom. The summed E-state index contributed by atoms with van der Waals surface area (Å²) in [5.41, 5.74) is -2.04. The van der Waals surface area contributed by atoms with Crippen molar-refractivity contribution in [1.29, 1.82) is 0 Å². The van der Waals surface area contributed by atoms with Crippen LogP contribution < -0.4 is 10.4 Å². The third kappa shape index (κ3) is 3.24. The summed E-state index contributed by atoms with van der Waals surface area (Å²) in [7, 11) is -3.13. The van der Waals surface area contributed by atoms with Gasteiger partial charge in [-0.2, -0.15) is 0 Å². The third-order valence-corrected chi connectivity index (χ3v) is 7.18. The molecule has 1 N–H and O–H groups in total. The van der Waals surface area contributed by atoms with Crippen LogP contribution in [0.1, 0.15) is 24.3 Å². The molecule has 0 bridgehead atoms. The van der Waals surface area contributed by atoms with Crippen LogP contribution in [0.5, 0.6) is 0 Å². The van der Waals surface area contributed by atoms with E-state index in [-0.39, 0.29) is 29.0 Å². The Kier molecular flexibility index (Phi) is 4.55. The van der Waals surface area contributed by atoms with Gasteiger partial charge in [-0.25, -0.2) is 40.1 Å². The maximum absolute atomic E-state index is 14.6. The van der Waals surface area contributed by atoms with Gasteiger partial charge in [0.15, 0.2) is 5.01 Å². The van der Waals surface area contributed by atoms with Gasteiger partial charge in [0.25, 0.3) is 6.43 Å². The Hall–Kier alpha value is -2.32. The molecule has 14 heteroatoms. The highest BCUT2D eigenvalue weighted by molar-refractivity contribution is 7.89. The van der Waals surface area contributed by atoms with Crippen LogP contribution in [0.4, 0.5) is 17.6 Å². The van der Waals surface area contributed by atoms with E-state index in [2.05, 4.69) is 14.9 Å². The first kappa shape index (κ1) is 20.0. The minimum absolute atomic E-state index is 0.0203. The zero-order valence-corrected chi connectivity index (χ0v) is 16.3. The minimum atomic E-state index is -4.44. The standard InChI is InChI=1S/C15H13F4N5O3S2/c1-23-8-4-7(17)10(29(26,27)22-15(6-16)2-3-15)5-9(8)24(14(23)25)13-21-20-12(28-13)11(18)19/h4-5,11,22H,2-3,6H2,1H3. The number of benzene rings is 1. The van der Waals surface area contributed by atoms with Crippen LogP contribution in [-0.2, 0) is 17.1 Å². The van der Waals surface area contributed by atoms with E-state index in [9.17, 15) is 30.8 Å². The maximum atomic E-state index is 14.6. The molecule has 1 aromatic carbocycles. The smallest absolute Gasteiger partial charge is 0.295 e. The second-order valence-electron chi connectivity index (χ2n) is 6.69. The van der Waals surface area contributed by atoms with Crippen LogP contribution in [0.2, 0.25) is 0 Å².